The highest BCUT2D eigenvalue weighted by Gasteiger charge is 2.44. The van der Waals surface area contributed by atoms with E-state index < -0.39 is 5.97 Å². The summed E-state index contributed by atoms with van der Waals surface area (Å²) in [5.41, 5.74) is 0. The Labute approximate surface area is 96.3 Å². The molecule has 0 aromatic heterocycles. The number of hydrogen-bond acceptors (Lipinski definition) is 3. The molecule has 1 aliphatic heterocycles. The van der Waals surface area contributed by atoms with Crippen molar-refractivity contribution < 1.29 is 15.0 Å². The molecule has 5 atom stereocenters. The molecule has 0 radical (unpaired) electrons. The minimum atomic E-state index is -0.731. The summed E-state index contributed by atoms with van der Waals surface area (Å²) in [6, 6.07) is 0.0651. The maximum absolute atomic E-state index is 10.9. The Hall–Kier alpha value is -0.610. The summed E-state index contributed by atoms with van der Waals surface area (Å²) in [6.45, 7) is 5.56. The lowest BCUT2D eigenvalue weighted by Crippen LogP contribution is -2.40. The molecule has 4 nitrogen and oxygen atoms in total. The van der Waals surface area contributed by atoms with Gasteiger partial charge in [-0.3, -0.25) is 9.69 Å². The maximum atomic E-state index is 10.9. The second kappa shape index (κ2) is 4.34. The van der Waals surface area contributed by atoms with Crippen LogP contribution in [0.3, 0.4) is 0 Å². The van der Waals surface area contributed by atoms with E-state index in [1.54, 1.807) is 6.92 Å². The number of carboxylic acids is 1. The first-order chi connectivity index (χ1) is 7.50. The van der Waals surface area contributed by atoms with Crippen LogP contribution in [0.4, 0.5) is 0 Å². The number of hydrogen-bond donors (Lipinski definition) is 2. The van der Waals surface area contributed by atoms with Gasteiger partial charge in [-0.05, 0) is 25.7 Å². The Morgan fingerprint density at radius 1 is 1.31 bits per heavy atom. The lowest BCUT2D eigenvalue weighted by molar-refractivity contribution is -0.143. The Bertz CT molecular complexity index is 281. The topological polar surface area (TPSA) is 60.8 Å². The zero-order valence-electron chi connectivity index (χ0n) is 9.97. The standard InChI is InChI=1S/C12H21NO3/c1-7(12(15)16)8(2)13-5-9-3-4-11(14)10(9)6-13/h7-11,14H,3-6H2,1-2H3,(H,15,16). The minimum absolute atomic E-state index is 0.0651. The first kappa shape index (κ1) is 11.9. The quantitative estimate of drug-likeness (QED) is 0.748. The van der Waals surface area contributed by atoms with E-state index in [0.717, 1.165) is 25.9 Å². The number of rotatable bonds is 3. The summed E-state index contributed by atoms with van der Waals surface area (Å²) in [5.74, 6) is -0.108. The van der Waals surface area contributed by atoms with Gasteiger partial charge in [0.2, 0.25) is 0 Å². The van der Waals surface area contributed by atoms with Crippen molar-refractivity contribution in [2.45, 2.75) is 38.8 Å². The van der Waals surface area contributed by atoms with Gasteiger partial charge in [0.05, 0.1) is 12.0 Å². The zero-order chi connectivity index (χ0) is 11.9. The van der Waals surface area contributed by atoms with Crippen molar-refractivity contribution >= 4 is 5.97 Å². The molecule has 92 valence electrons. The van der Waals surface area contributed by atoms with E-state index in [9.17, 15) is 9.90 Å². The number of aliphatic hydroxyl groups excluding tert-OH is 1. The van der Waals surface area contributed by atoms with E-state index in [1.165, 1.54) is 0 Å². The Balaban J connectivity index is 1.96. The van der Waals surface area contributed by atoms with Crippen molar-refractivity contribution in [1.29, 1.82) is 0 Å². The van der Waals surface area contributed by atoms with Crippen LogP contribution in [0.1, 0.15) is 26.7 Å². The average molecular weight is 227 g/mol. The highest BCUT2D eigenvalue weighted by atomic mass is 16.4. The van der Waals surface area contributed by atoms with Gasteiger partial charge in [-0.25, -0.2) is 0 Å². The molecule has 0 spiro atoms. The molecule has 2 fully saturated rings. The third-order valence-electron chi connectivity index (χ3n) is 4.54. The average Bonchev–Trinajstić information content (AvgIpc) is 2.79. The summed E-state index contributed by atoms with van der Waals surface area (Å²) < 4.78 is 0. The van der Waals surface area contributed by atoms with Gasteiger partial charge in [-0.1, -0.05) is 6.92 Å². The van der Waals surface area contributed by atoms with E-state index in [0.29, 0.717) is 11.8 Å². The van der Waals surface area contributed by atoms with Crippen LogP contribution in [0.2, 0.25) is 0 Å². The number of aliphatic hydroxyl groups is 1. The third kappa shape index (κ3) is 1.96. The number of nitrogens with zero attached hydrogens (tertiary/aromatic N) is 1. The molecule has 0 bridgehead atoms. The molecule has 0 amide bonds. The van der Waals surface area contributed by atoms with Gasteiger partial charge in [0, 0.05) is 25.0 Å². The van der Waals surface area contributed by atoms with Crippen molar-refractivity contribution in [3.8, 4) is 0 Å². The highest BCUT2D eigenvalue weighted by Crippen LogP contribution is 2.39. The first-order valence-electron chi connectivity index (χ1n) is 6.15. The molecule has 2 aliphatic rings. The lowest BCUT2D eigenvalue weighted by Gasteiger charge is -2.28. The number of carbonyl (C=O) groups is 1. The first-order valence-corrected chi connectivity index (χ1v) is 6.15. The predicted octanol–water partition coefficient (Wildman–Crippen LogP) is 0.798. The SMILES string of the molecule is CC(C(=O)O)C(C)N1CC2CCC(O)C2C1. The maximum Gasteiger partial charge on any atom is 0.307 e. The van der Waals surface area contributed by atoms with Crippen molar-refractivity contribution in [1.82, 2.24) is 4.90 Å². The molecule has 5 unspecified atom stereocenters. The van der Waals surface area contributed by atoms with Gasteiger partial charge in [0.1, 0.15) is 0 Å². The predicted molar refractivity (Wildman–Crippen MR) is 60.1 cm³/mol. The van der Waals surface area contributed by atoms with Crippen LogP contribution in [0.25, 0.3) is 0 Å². The second-order valence-corrected chi connectivity index (χ2v) is 5.39. The molecule has 1 saturated heterocycles. The number of carboxylic acid groups (broad SMARTS) is 1. The molecule has 2 N–H and O–H groups in total. The van der Waals surface area contributed by atoms with E-state index >= 15 is 0 Å². The van der Waals surface area contributed by atoms with Crippen molar-refractivity contribution in [2.24, 2.45) is 17.8 Å². The fraction of sp³-hybridized carbons (Fsp3) is 0.917. The van der Waals surface area contributed by atoms with Crippen LogP contribution >= 0.6 is 0 Å². The van der Waals surface area contributed by atoms with Crippen LogP contribution in [-0.2, 0) is 4.79 Å². The highest BCUT2D eigenvalue weighted by molar-refractivity contribution is 5.70. The molecule has 1 heterocycles. The summed E-state index contributed by atoms with van der Waals surface area (Å²) in [7, 11) is 0. The van der Waals surface area contributed by atoms with Gasteiger partial charge in [-0.2, -0.15) is 0 Å². The molecular weight excluding hydrogens is 206 g/mol. The summed E-state index contributed by atoms with van der Waals surface area (Å²) in [4.78, 5) is 13.2. The summed E-state index contributed by atoms with van der Waals surface area (Å²) in [6.07, 6.45) is 1.85. The van der Waals surface area contributed by atoms with E-state index in [-0.39, 0.29) is 18.1 Å². The van der Waals surface area contributed by atoms with Crippen molar-refractivity contribution in [3.63, 3.8) is 0 Å². The van der Waals surface area contributed by atoms with Gasteiger partial charge in [0.15, 0.2) is 0 Å². The molecule has 4 heteroatoms. The van der Waals surface area contributed by atoms with Crippen LogP contribution in [0.5, 0.6) is 0 Å². The van der Waals surface area contributed by atoms with Gasteiger partial charge in [0.25, 0.3) is 0 Å². The molecular formula is C12H21NO3. The molecule has 1 aliphatic carbocycles. The zero-order valence-corrected chi connectivity index (χ0v) is 9.97. The Kier molecular flexibility index (Phi) is 3.22. The molecule has 1 saturated carbocycles. The molecule has 0 aromatic carbocycles. The number of likely N-dealkylation sites (tertiary alicyclic amines) is 1. The minimum Gasteiger partial charge on any atom is -0.481 e. The number of aliphatic carboxylic acids is 1. The Morgan fingerprint density at radius 3 is 2.56 bits per heavy atom. The largest absolute Gasteiger partial charge is 0.481 e. The van der Waals surface area contributed by atoms with Gasteiger partial charge in [-0.15, -0.1) is 0 Å². The van der Waals surface area contributed by atoms with Crippen LogP contribution in [0.15, 0.2) is 0 Å². The summed E-state index contributed by atoms with van der Waals surface area (Å²) in [5, 5.41) is 18.8. The van der Waals surface area contributed by atoms with Gasteiger partial charge < -0.3 is 10.2 Å². The molecule has 16 heavy (non-hydrogen) atoms. The smallest absolute Gasteiger partial charge is 0.307 e. The van der Waals surface area contributed by atoms with E-state index in [4.69, 9.17) is 5.11 Å². The molecule has 0 aromatic rings. The lowest BCUT2D eigenvalue weighted by atomic mass is 9.99. The van der Waals surface area contributed by atoms with Crippen molar-refractivity contribution in [2.75, 3.05) is 13.1 Å². The van der Waals surface area contributed by atoms with Crippen LogP contribution in [-0.4, -0.2) is 46.3 Å². The second-order valence-electron chi connectivity index (χ2n) is 5.39. The van der Waals surface area contributed by atoms with E-state index in [2.05, 4.69) is 4.90 Å². The number of fused-ring (bicyclic) bond motifs is 1. The van der Waals surface area contributed by atoms with Gasteiger partial charge >= 0.3 is 5.97 Å². The van der Waals surface area contributed by atoms with Crippen LogP contribution in [0, 0.1) is 17.8 Å². The Morgan fingerprint density at radius 2 is 2.00 bits per heavy atom. The fourth-order valence-electron chi connectivity index (χ4n) is 3.13. The van der Waals surface area contributed by atoms with Crippen molar-refractivity contribution in [3.05, 3.63) is 0 Å². The van der Waals surface area contributed by atoms with E-state index in [1.807, 2.05) is 6.92 Å². The monoisotopic (exact) mass is 227 g/mol. The third-order valence-corrected chi connectivity index (χ3v) is 4.54. The normalized spacial score (nSPS) is 38.3. The summed E-state index contributed by atoms with van der Waals surface area (Å²) >= 11 is 0. The van der Waals surface area contributed by atoms with Crippen LogP contribution < -0.4 is 0 Å². The molecule has 2 rings (SSSR count). The fourth-order valence-corrected chi connectivity index (χ4v) is 3.13.